The molecule has 0 radical (unpaired) electrons. The zero-order valence-electron chi connectivity index (χ0n) is 15.7. The highest BCUT2D eigenvalue weighted by atomic mass is 19.1. The first-order valence-corrected chi connectivity index (χ1v) is 9.14. The summed E-state index contributed by atoms with van der Waals surface area (Å²) in [5.74, 6) is 0.506. The molecule has 0 aliphatic rings. The van der Waals surface area contributed by atoms with E-state index in [1.165, 1.54) is 6.07 Å². The topological polar surface area (TPSA) is 50.4 Å². The summed E-state index contributed by atoms with van der Waals surface area (Å²) in [6.07, 6.45) is 0.902. The molecule has 0 aromatic heterocycles. The molecule has 0 saturated carbocycles. The molecule has 4 nitrogen and oxygen atoms in total. The van der Waals surface area contributed by atoms with E-state index in [2.05, 4.69) is 10.6 Å². The molecule has 0 aliphatic heterocycles. The standard InChI is InChI=1S/C23H23FN2O2/c1-28-21-12-6-17(7-13-21)16-23(27)26-20-10-8-19(9-11-20)25-15-14-18-4-2-3-5-22(18)24/h2-13,25H,14-16H2,1H3,(H,26,27). The molecule has 3 aromatic rings. The van der Waals surface area contributed by atoms with Crippen molar-refractivity contribution in [2.24, 2.45) is 0 Å². The molecule has 0 heterocycles. The maximum absolute atomic E-state index is 13.6. The van der Waals surface area contributed by atoms with Crippen molar-refractivity contribution in [1.82, 2.24) is 0 Å². The number of carbonyl (C=O) groups is 1. The molecular weight excluding hydrogens is 355 g/mol. The van der Waals surface area contributed by atoms with E-state index in [-0.39, 0.29) is 11.7 Å². The van der Waals surface area contributed by atoms with Gasteiger partial charge < -0.3 is 15.4 Å². The molecule has 0 saturated heterocycles. The van der Waals surface area contributed by atoms with Gasteiger partial charge in [0.05, 0.1) is 13.5 Å². The number of anilines is 2. The molecule has 0 aliphatic carbocycles. The Bertz CT molecular complexity index is 909. The van der Waals surface area contributed by atoms with Crippen LogP contribution < -0.4 is 15.4 Å². The van der Waals surface area contributed by atoms with Gasteiger partial charge in [0, 0.05) is 17.9 Å². The lowest BCUT2D eigenvalue weighted by atomic mass is 10.1. The minimum atomic E-state index is -0.181. The minimum Gasteiger partial charge on any atom is -0.497 e. The van der Waals surface area contributed by atoms with E-state index < -0.39 is 0 Å². The Kier molecular flexibility index (Phi) is 6.63. The normalized spacial score (nSPS) is 10.4. The van der Waals surface area contributed by atoms with Crippen molar-refractivity contribution in [3.8, 4) is 5.75 Å². The average Bonchev–Trinajstić information content (AvgIpc) is 2.71. The SMILES string of the molecule is COc1ccc(CC(=O)Nc2ccc(NCCc3ccccc3F)cc2)cc1. The first-order chi connectivity index (χ1) is 13.6. The summed E-state index contributed by atoms with van der Waals surface area (Å²) in [6.45, 7) is 0.629. The molecule has 0 fully saturated rings. The number of ether oxygens (including phenoxy) is 1. The second kappa shape index (κ2) is 9.55. The Labute approximate surface area is 164 Å². The third-order valence-electron chi connectivity index (χ3n) is 4.37. The molecule has 1 amide bonds. The number of rotatable bonds is 8. The molecule has 28 heavy (non-hydrogen) atoms. The van der Waals surface area contributed by atoms with Crippen LogP contribution in [0, 0.1) is 5.82 Å². The van der Waals surface area contributed by atoms with Crippen molar-refractivity contribution in [3.63, 3.8) is 0 Å². The van der Waals surface area contributed by atoms with Crippen LogP contribution >= 0.6 is 0 Å². The Morgan fingerprint density at radius 1 is 0.929 bits per heavy atom. The number of methoxy groups -OCH3 is 1. The van der Waals surface area contributed by atoms with Crippen LogP contribution in [0.1, 0.15) is 11.1 Å². The Balaban J connectivity index is 1.46. The van der Waals surface area contributed by atoms with Gasteiger partial charge in [-0.2, -0.15) is 0 Å². The molecule has 5 heteroatoms. The van der Waals surface area contributed by atoms with E-state index in [0.717, 1.165) is 22.7 Å². The highest BCUT2D eigenvalue weighted by Crippen LogP contribution is 2.16. The molecule has 3 aromatic carbocycles. The van der Waals surface area contributed by atoms with Crippen molar-refractivity contribution >= 4 is 17.3 Å². The number of benzene rings is 3. The lowest BCUT2D eigenvalue weighted by molar-refractivity contribution is -0.115. The summed E-state index contributed by atoms with van der Waals surface area (Å²) < 4.78 is 18.7. The van der Waals surface area contributed by atoms with Crippen molar-refractivity contribution in [2.45, 2.75) is 12.8 Å². The third-order valence-corrected chi connectivity index (χ3v) is 4.37. The largest absolute Gasteiger partial charge is 0.497 e. The van der Waals surface area contributed by atoms with E-state index in [0.29, 0.717) is 24.9 Å². The van der Waals surface area contributed by atoms with Crippen LogP contribution in [0.25, 0.3) is 0 Å². The number of halogens is 1. The van der Waals surface area contributed by atoms with Crippen LogP contribution in [0.15, 0.2) is 72.8 Å². The monoisotopic (exact) mass is 378 g/mol. The maximum Gasteiger partial charge on any atom is 0.228 e. The fourth-order valence-electron chi connectivity index (χ4n) is 2.85. The van der Waals surface area contributed by atoms with Crippen LogP contribution in [-0.2, 0) is 17.6 Å². The smallest absolute Gasteiger partial charge is 0.228 e. The number of amides is 1. The van der Waals surface area contributed by atoms with Crippen LogP contribution in [0.4, 0.5) is 15.8 Å². The Hall–Kier alpha value is -3.34. The van der Waals surface area contributed by atoms with Gasteiger partial charge in [0.1, 0.15) is 11.6 Å². The van der Waals surface area contributed by atoms with Gasteiger partial charge in [-0.3, -0.25) is 4.79 Å². The van der Waals surface area contributed by atoms with E-state index in [9.17, 15) is 9.18 Å². The zero-order chi connectivity index (χ0) is 19.8. The summed E-state index contributed by atoms with van der Waals surface area (Å²) >= 11 is 0. The summed E-state index contributed by atoms with van der Waals surface area (Å²) in [4.78, 5) is 12.2. The molecule has 0 bridgehead atoms. The van der Waals surface area contributed by atoms with Crippen molar-refractivity contribution < 1.29 is 13.9 Å². The van der Waals surface area contributed by atoms with Gasteiger partial charge in [-0.15, -0.1) is 0 Å². The lowest BCUT2D eigenvalue weighted by Crippen LogP contribution is -2.14. The van der Waals surface area contributed by atoms with Crippen molar-refractivity contribution in [1.29, 1.82) is 0 Å². The number of hydrogen-bond donors (Lipinski definition) is 2. The average molecular weight is 378 g/mol. The lowest BCUT2D eigenvalue weighted by Gasteiger charge is -2.09. The van der Waals surface area contributed by atoms with Crippen LogP contribution in [0.5, 0.6) is 5.75 Å². The number of carbonyl (C=O) groups excluding carboxylic acids is 1. The molecule has 0 atom stereocenters. The third kappa shape index (κ3) is 5.58. The first kappa shape index (κ1) is 19.4. The second-order valence-electron chi connectivity index (χ2n) is 6.42. The van der Waals surface area contributed by atoms with E-state index in [4.69, 9.17) is 4.74 Å². The van der Waals surface area contributed by atoms with Gasteiger partial charge in [0.15, 0.2) is 0 Å². The maximum atomic E-state index is 13.6. The van der Waals surface area contributed by atoms with Gasteiger partial charge in [-0.1, -0.05) is 30.3 Å². The second-order valence-corrected chi connectivity index (χ2v) is 6.42. The summed E-state index contributed by atoms with van der Waals surface area (Å²) in [6, 6.07) is 21.7. The fraction of sp³-hybridized carbons (Fsp3) is 0.174. The molecule has 144 valence electrons. The van der Waals surface area contributed by atoms with Gasteiger partial charge in [0.2, 0.25) is 5.91 Å². The molecule has 0 spiro atoms. The van der Waals surface area contributed by atoms with Crippen molar-refractivity contribution in [3.05, 3.63) is 89.7 Å². The quantitative estimate of drug-likeness (QED) is 0.599. The predicted molar refractivity (Wildman–Crippen MR) is 110 cm³/mol. The van der Waals surface area contributed by atoms with Gasteiger partial charge in [0.25, 0.3) is 0 Å². The van der Waals surface area contributed by atoms with E-state index in [1.807, 2.05) is 54.6 Å². The Morgan fingerprint density at radius 3 is 2.29 bits per heavy atom. The van der Waals surface area contributed by atoms with E-state index in [1.54, 1.807) is 19.2 Å². The number of nitrogens with one attached hydrogen (secondary N) is 2. The fourth-order valence-corrected chi connectivity index (χ4v) is 2.85. The predicted octanol–water partition coefficient (Wildman–Crippen LogP) is 4.67. The van der Waals surface area contributed by atoms with Crippen LogP contribution in [0.2, 0.25) is 0 Å². The molecule has 0 unspecified atom stereocenters. The van der Waals surface area contributed by atoms with Crippen LogP contribution in [0.3, 0.4) is 0 Å². The minimum absolute atomic E-state index is 0.0783. The first-order valence-electron chi connectivity index (χ1n) is 9.14. The summed E-state index contributed by atoms with van der Waals surface area (Å²) in [5, 5.41) is 6.15. The van der Waals surface area contributed by atoms with E-state index >= 15 is 0 Å². The summed E-state index contributed by atoms with van der Waals surface area (Å²) in [5.41, 5.74) is 3.27. The van der Waals surface area contributed by atoms with Gasteiger partial charge in [-0.25, -0.2) is 4.39 Å². The van der Waals surface area contributed by atoms with Crippen molar-refractivity contribution in [2.75, 3.05) is 24.3 Å². The van der Waals surface area contributed by atoms with Gasteiger partial charge >= 0.3 is 0 Å². The van der Waals surface area contributed by atoms with Crippen LogP contribution in [-0.4, -0.2) is 19.6 Å². The van der Waals surface area contributed by atoms with Gasteiger partial charge in [-0.05, 0) is 60.0 Å². The molecular formula is C23H23FN2O2. The number of hydrogen-bond acceptors (Lipinski definition) is 3. The Morgan fingerprint density at radius 2 is 1.61 bits per heavy atom. The summed E-state index contributed by atoms with van der Waals surface area (Å²) in [7, 11) is 1.61. The zero-order valence-corrected chi connectivity index (χ0v) is 15.7. The molecule has 3 rings (SSSR count). The highest BCUT2D eigenvalue weighted by Gasteiger charge is 2.05. The highest BCUT2D eigenvalue weighted by molar-refractivity contribution is 5.92. The molecule has 2 N–H and O–H groups in total.